The van der Waals surface area contributed by atoms with Crippen molar-refractivity contribution in [3.05, 3.63) is 0 Å². The molecule has 0 aromatic carbocycles. The summed E-state index contributed by atoms with van der Waals surface area (Å²) in [6.07, 6.45) is 6.36. The number of nitrogens with zero attached hydrogens (tertiary/aromatic N) is 1. The van der Waals surface area contributed by atoms with Crippen molar-refractivity contribution in [2.45, 2.75) is 71.1 Å². The molecule has 2 aliphatic rings. The highest BCUT2D eigenvalue weighted by Crippen LogP contribution is 2.48. The van der Waals surface area contributed by atoms with E-state index in [1.165, 1.54) is 6.42 Å². The van der Waals surface area contributed by atoms with Gasteiger partial charge in [0, 0.05) is 38.3 Å². The number of rotatable bonds is 7. The first kappa shape index (κ1) is 21.0. The molecule has 0 amide bonds. The summed E-state index contributed by atoms with van der Waals surface area (Å²) < 4.78 is 11.6. The van der Waals surface area contributed by atoms with Crippen LogP contribution < -0.4 is 10.6 Å². The Kier molecular flexibility index (Phi) is 9.15. The molecular formula is C17H34IN3O2. The Bertz CT molecular complexity index is 369. The first-order valence-electron chi connectivity index (χ1n) is 8.90. The molecule has 0 bridgehead atoms. The zero-order chi connectivity index (χ0) is 16.0. The van der Waals surface area contributed by atoms with Crippen LogP contribution in [0.4, 0.5) is 0 Å². The molecule has 2 N–H and O–H groups in total. The zero-order valence-corrected chi connectivity index (χ0v) is 17.4. The number of hydrogen-bond acceptors (Lipinski definition) is 3. The molecule has 3 unspecified atom stereocenters. The van der Waals surface area contributed by atoms with E-state index in [1.807, 2.05) is 7.05 Å². The Balaban J connectivity index is 0.00000264. The highest BCUT2D eigenvalue weighted by atomic mass is 127. The third kappa shape index (κ3) is 4.72. The Labute approximate surface area is 158 Å². The summed E-state index contributed by atoms with van der Waals surface area (Å²) in [6.45, 7) is 9.15. The van der Waals surface area contributed by atoms with Crippen molar-refractivity contribution in [2.24, 2.45) is 10.4 Å². The molecular weight excluding hydrogens is 405 g/mol. The van der Waals surface area contributed by atoms with Gasteiger partial charge < -0.3 is 20.1 Å². The van der Waals surface area contributed by atoms with Crippen LogP contribution in [0.1, 0.15) is 52.9 Å². The van der Waals surface area contributed by atoms with Crippen LogP contribution in [0.3, 0.4) is 0 Å². The van der Waals surface area contributed by atoms with Crippen molar-refractivity contribution in [1.29, 1.82) is 0 Å². The third-order valence-electron chi connectivity index (χ3n) is 5.53. The molecule has 1 saturated heterocycles. The summed E-state index contributed by atoms with van der Waals surface area (Å²) in [6, 6.07) is 0.440. The van der Waals surface area contributed by atoms with Crippen LogP contribution in [0.25, 0.3) is 0 Å². The molecule has 23 heavy (non-hydrogen) atoms. The minimum Gasteiger partial charge on any atom is -0.378 e. The number of halogens is 1. The summed E-state index contributed by atoms with van der Waals surface area (Å²) >= 11 is 0. The number of guanidine groups is 1. The minimum absolute atomic E-state index is 0. The normalized spacial score (nSPS) is 29.6. The zero-order valence-electron chi connectivity index (χ0n) is 15.1. The van der Waals surface area contributed by atoms with E-state index in [1.54, 1.807) is 0 Å². The van der Waals surface area contributed by atoms with Gasteiger partial charge in [0.05, 0.1) is 12.2 Å². The van der Waals surface area contributed by atoms with Crippen LogP contribution in [-0.4, -0.2) is 51.0 Å². The number of ether oxygens (including phenoxy) is 2. The summed E-state index contributed by atoms with van der Waals surface area (Å²) in [5.41, 5.74) is 0.234. The van der Waals surface area contributed by atoms with Gasteiger partial charge >= 0.3 is 0 Å². The maximum atomic E-state index is 5.94. The third-order valence-corrected chi connectivity index (χ3v) is 5.53. The molecule has 1 saturated carbocycles. The summed E-state index contributed by atoms with van der Waals surface area (Å²) in [5, 5.41) is 7.03. The molecule has 0 radical (unpaired) electrons. The Morgan fingerprint density at radius 2 is 2.04 bits per heavy atom. The van der Waals surface area contributed by atoms with E-state index in [0.29, 0.717) is 18.2 Å². The lowest BCUT2D eigenvalue weighted by atomic mass is 9.58. The number of hydrogen-bond donors (Lipinski definition) is 2. The quantitative estimate of drug-likeness (QED) is 0.364. The van der Waals surface area contributed by atoms with E-state index in [4.69, 9.17) is 9.47 Å². The Hall–Kier alpha value is -0.0800. The van der Waals surface area contributed by atoms with Gasteiger partial charge in [0.1, 0.15) is 0 Å². The molecule has 2 rings (SSSR count). The molecule has 0 aromatic rings. The van der Waals surface area contributed by atoms with Gasteiger partial charge in [-0.15, -0.1) is 24.0 Å². The topological polar surface area (TPSA) is 54.9 Å². The van der Waals surface area contributed by atoms with Crippen LogP contribution in [0.5, 0.6) is 0 Å². The lowest BCUT2D eigenvalue weighted by Gasteiger charge is -2.55. The second kappa shape index (κ2) is 10.0. The SMILES string of the molecule is CCOC1CC(NC(=NC)NCC2CCCO2)C1(CC)CC.I. The van der Waals surface area contributed by atoms with Gasteiger partial charge in [-0.05, 0) is 39.0 Å². The lowest BCUT2D eigenvalue weighted by molar-refractivity contribution is -0.133. The molecule has 0 spiro atoms. The van der Waals surface area contributed by atoms with Crippen LogP contribution in [0, 0.1) is 5.41 Å². The molecule has 136 valence electrons. The summed E-state index contributed by atoms with van der Waals surface area (Å²) in [4.78, 5) is 4.37. The average Bonchev–Trinajstić information content (AvgIpc) is 3.04. The summed E-state index contributed by atoms with van der Waals surface area (Å²) in [7, 11) is 1.84. The van der Waals surface area contributed by atoms with Gasteiger partial charge in [0.2, 0.25) is 0 Å². The Morgan fingerprint density at radius 1 is 1.30 bits per heavy atom. The fourth-order valence-corrected chi connectivity index (χ4v) is 3.96. The van der Waals surface area contributed by atoms with Crippen molar-refractivity contribution >= 4 is 29.9 Å². The molecule has 2 fully saturated rings. The molecule has 5 nitrogen and oxygen atoms in total. The smallest absolute Gasteiger partial charge is 0.191 e. The first-order chi connectivity index (χ1) is 10.7. The number of nitrogens with one attached hydrogen (secondary N) is 2. The van der Waals surface area contributed by atoms with E-state index in [9.17, 15) is 0 Å². The van der Waals surface area contributed by atoms with Crippen molar-refractivity contribution in [1.82, 2.24) is 10.6 Å². The predicted octanol–water partition coefficient (Wildman–Crippen LogP) is 2.93. The summed E-state index contributed by atoms with van der Waals surface area (Å²) in [5.74, 6) is 0.890. The van der Waals surface area contributed by atoms with Crippen molar-refractivity contribution < 1.29 is 9.47 Å². The van der Waals surface area contributed by atoms with Gasteiger partial charge in [0.25, 0.3) is 0 Å². The van der Waals surface area contributed by atoms with Crippen LogP contribution in [-0.2, 0) is 9.47 Å². The van der Waals surface area contributed by atoms with E-state index >= 15 is 0 Å². The first-order valence-corrected chi connectivity index (χ1v) is 8.90. The lowest BCUT2D eigenvalue weighted by Crippen LogP contribution is -2.65. The van der Waals surface area contributed by atoms with Crippen molar-refractivity contribution in [3.8, 4) is 0 Å². The van der Waals surface area contributed by atoms with E-state index in [-0.39, 0.29) is 29.4 Å². The average molecular weight is 439 g/mol. The molecule has 1 heterocycles. The molecule has 3 atom stereocenters. The van der Waals surface area contributed by atoms with Crippen molar-refractivity contribution in [3.63, 3.8) is 0 Å². The van der Waals surface area contributed by atoms with E-state index < -0.39 is 0 Å². The van der Waals surface area contributed by atoms with Crippen LogP contribution in [0.15, 0.2) is 4.99 Å². The fraction of sp³-hybridized carbons (Fsp3) is 0.941. The van der Waals surface area contributed by atoms with Crippen molar-refractivity contribution in [2.75, 3.05) is 26.8 Å². The van der Waals surface area contributed by atoms with Gasteiger partial charge in [-0.1, -0.05) is 13.8 Å². The molecule has 6 heteroatoms. The Morgan fingerprint density at radius 3 is 2.57 bits per heavy atom. The molecule has 0 aromatic heterocycles. The maximum absolute atomic E-state index is 5.94. The van der Waals surface area contributed by atoms with Crippen LogP contribution >= 0.6 is 24.0 Å². The van der Waals surface area contributed by atoms with Crippen LogP contribution in [0.2, 0.25) is 0 Å². The standard InChI is InChI=1S/C17H33N3O2.HI/c1-5-17(6-2)14(11-15(17)21-7-3)20-16(18-4)19-12-13-9-8-10-22-13;/h13-15H,5-12H2,1-4H3,(H2,18,19,20);1H. The van der Waals surface area contributed by atoms with E-state index in [0.717, 1.165) is 51.4 Å². The molecule has 1 aliphatic heterocycles. The second-order valence-electron chi connectivity index (χ2n) is 6.41. The predicted molar refractivity (Wildman–Crippen MR) is 106 cm³/mol. The highest BCUT2D eigenvalue weighted by molar-refractivity contribution is 14.0. The fourth-order valence-electron chi connectivity index (χ4n) is 3.96. The van der Waals surface area contributed by atoms with Gasteiger partial charge in [-0.2, -0.15) is 0 Å². The van der Waals surface area contributed by atoms with Gasteiger partial charge in [-0.25, -0.2) is 0 Å². The highest BCUT2D eigenvalue weighted by Gasteiger charge is 2.53. The monoisotopic (exact) mass is 439 g/mol. The molecule has 1 aliphatic carbocycles. The van der Waals surface area contributed by atoms with Gasteiger partial charge in [0.15, 0.2) is 5.96 Å². The largest absolute Gasteiger partial charge is 0.378 e. The maximum Gasteiger partial charge on any atom is 0.191 e. The van der Waals surface area contributed by atoms with Gasteiger partial charge in [-0.3, -0.25) is 4.99 Å². The number of aliphatic imine (C=N–C) groups is 1. The van der Waals surface area contributed by atoms with E-state index in [2.05, 4.69) is 36.4 Å². The second-order valence-corrected chi connectivity index (χ2v) is 6.41. The minimum atomic E-state index is 0.